The van der Waals surface area contributed by atoms with Gasteiger partial charge in [0.05, 0.1) is 0 Å². The summed E-state index contributed by atoms with van der Waals surface area (Å²) in [5.41, 5.74) is 0.845. The van der Waals surface area contributed by atoms with Gasteiger partial charge in [0.2, 0.25) is 0 Å². The Labute approximate surface area is 117 Å². The van der Waals surface area contributed by atoms with E-state index in [1.54, 1.807) is 36.4 Å². The Kier molecular flexibility index (Phi) is 4.01. The van der Waals surface area contributed by atoms with Crippen LogP contribution in [-0.2, 0) is 0 Å². The van der Waals surface area contributed by atoms with E-state index in [9.17, 15) is 9.50 Å². The highest BCUT2D eigenvalue weighted by atomic mass is 127. The molecule has 4 heteroatoms. The van der Waals surface area contributed by atoms with Crippen LogP contribution in [0.2, 0.25) is 5.02 Å². The van der Waals surface area contributed by atoms with E-state index < -0.39 is 11.9 Å². The van der Waals surface area contributed by atoms with E-state index in [0.717, 1.165) is 3.57 Å². The van der Waals surface area contributed by atoms with Crippen LogP contribution in [0, 0.1) is 9.39 Å². The van der Waals surface area contributed by atoms with Gasteiger partial charge in [0.15, 0.2) is 0 Å². The third-order valence-corrected chi connectivity index (χ3v) is 3.32. The molecule has 0 heterocycles. The molecule has 1 unspecified atom stereocenters. The summed E-state index contributed by atoms with van der Waals surface area (Å²) < 4.78 is 14.5. The van der Waals surface area contributed by atoms with Crippen LogP contribution in [0.4, 0.5) is 4.39 Å². The molecule has 0 fully saturated rings. The molecule has 17 heavy (non-hydrogen) atoms. The van der Waals surface area contributed by atoms with E-state index >= 15 is 0 Å². The van der Waals surface area contributed by atoms with Crippen molar-refractivity contribution < 1.29 is 9.50 Å². The van der Waals surface area contributed by atoms with Gasteiger partial charge in [-0.15, -0.1) is 0 Å². The fraction of sp³-hybridized carbons (Fsp3) is 0.0769. The molecule has 0 aliphatic rings. The predicted molar refractivity (Wildman–Crippen MR) is 74.6 cm³/mol. The van der Waals surface area contributed by atoms with Gasteiger partial charge >= 0.3 is 0 Å². The molecule has 0 aliphatic heterocycles. The molecule has 0 saturated carbocycles. The fourth-order valence-corrected chi connectivity index (χ4v) is 2.29. The second kappa shape index (κ2) is 5.33. The van der Waals surface area contributed by atoms with Gasteiger partial charge in [0.25, 0.3) is 0 Å². The Morgan fingerprint density at radius 2 is 1.94 bits per heavy atom. The molecule has 0 saturated heterocycles. The van der Waals surface area contributed by atoms with Crippen LogP contribution < -0.4 is 0 Å². The van der Waals surface area contributed by atoms with Crippen molar-refractivity contribution in [3.8, 4) is 0 Å². The third-order valence-electron chi connectivity index (χ3n) is 2.42. The molecule has 1 N–H and O–H groups in total. The summed E-state index contributed by atoms with van der Waals surface area (Å²) in [5, 5.41) is 10.6. The summed E-state index contributed by atoms with van der Waals surface area (Å²) in [5.74, 6) is -0.419. The largest absolute Gasteiger partial charge is 0.384 e. The third kappa shape index (κ3) is 2.97. The molecular formula is C13H9ClFIO. The Bertz CT molecular complexity index is 545. The lowest BCUT2D eigenvalue weighted by atomic mass is 10.0. The van der Waals surface area contributed by atoms with Crippen molar-refractivity contribution in [2.24, 2.45) is 0 Å². The van der Waals surface area contributed by atoms with Crippen molar-refractivity contribution in [1.29, 1.82) is 0 Å². The Hall–Kier alpha value is -0.650. The van der Waals surface area contributed by atoms with Gasteiger partial charge in [-0.05, 0) is 58.5 Å². The molecule has 1 atom stereocenters. The summed E-state index contributed by atoms with van der Waals surface area (Å²) in [4.78, 5) is 0. The molecule has 2 rings (SSSR count). The smallest absolute Gasteiger partial charge is 0.129 e. The minimum Gasteiger partial charge on any atom is -0.384 e. The monoisotopic (exact) mass is 362 g/mol. The standard InChI is InChI=1S/C13H9ClFIO/c14-9-3-1-2-8(6-9)13(17)11-7-10(16)4-5-12(11)15/h1-7,13,17H. The summed E-state index contributed by atoms with van der Waals surface area (Å²) in [7, 11) is 0. The van der Waals surface area contributed by atoms with E-state index in [4.69, 9.17) is 11.6 Å². The Morgan fingerprint density at radius 3 is 2.65 bits per heavy atom. The minimum atomic E-state index is -0.997. The topological polar surface area (TPSA) is 20.2 Å². The first-order valence-electron chi connectivity index (χ1n) is 4.96. The lowest BCUT2D eigenvalue weighted by molar-refractivity contribution is 0.215. The number of hydrogen-bond donors (Lipinski definition) is 1. The van der Waals surface area contributed by atoms with Crippen molar-refractivity contribution in [2.45, 2.75) is 6.10 Å². The van der Waals surface area contributed by atoms with Gasteiger partial charge in [-0.1, -0.05) is 23.7 Å². The molecule has 0 bridgehead atoms. The highest BCUT2D eigenvalue weighted by molar-refractivity contribution is 14.1. The van der Waals surface area contributed by atoms with Crippen LogP contribution in [0.5, 0.6) is 0 Å². The first-order valence-corrected chi connectivity index (χ1v) is 6.42. The van der Waals surface area contributed by atoms with Crippen molar-refractivity contribution in [2.75, 3.05) is 0 Å². The average molecular weight is 363 g/mol. The van der Waals surface area contributed by atoms with Crippen LogP contribution in [0.25, 0.3) is 0 Å². The first-order chi connectivity index (χ1) is 8.08. The van der Waals surface area contributed by atoms with Gasteiger partial charge in [-0.25, -0.2) is 4.39 Å². The molecule has 0 radical (unpaired) electrons. The molecule has 1 nitrogen and oxygen atoms in total. The number of aliphatic hydroxyl groups is 1. The normalized spacial score (nSPS) is 12.5. The van der Waals surface area contributed by atoms with E-state index in [-0.39, 0.29) is 5.56 Å². The van der Waals surface area contributed by atoms with E-state index in [1.165, 1.54) is 6.07 Å². The van der Waals surface area contributed by atoms with Crippen LogP contribution in [-0.4, -0.2) is 5.11 Å². The minimum absolute atomic E-state index is 0.263. The fourth-order valence-electron chi connectivity index (χ4n) is 1.58. The van der Waals surface area contributed by atoms with E-state index in [0.29, 0.717) is 10.6 Å². The van der Waals surface area contributed by atoms with Gasteiger partial charge in [-0.2, -0.15) is 0 Å². The van der Waals surface area contributed by atoms with E-state index in [1.807, 2.05) is 0 Å². The second-order valence-corrected chi connectivity index (χ2v) is 5.31. The summed E-state index contributed by atoms with van der Waals surface area (Å²) in [6, 6.07) is 11.4. The lowest BCUT2D eigenvalue weighted by Crippen LogP contribution is -2.03. The molecule has 2 aromatic carbocycles. The van der Waals surface area contributed by atoms with Crippen LogP contribution in [0.15, 0.2) is 42.5 Å². The molecule has 88 valence electrons. The number of hydrogen-bond acceptors (Lipinski definition) is 1. The molecule has 0 amide bonds. The maximum Gasteiger partial charge on any atom is 0.129 e. The number of halogens is 3. The van der Waals surface area contributed by atoms with E-state index in [2.05, 4.69) is 22.6 Å². The van der Waals surface area contributed by atoms with Gasteiger partial charge < -0.3 is 5.11 Å². The molecule has 0 aromatic heterocycles. The van der Waals surface area contributed by atoms with Crippen molar-refractivity contribution in [1.82, 2.24) is 0 Å². The average Bonchev–Trinajstić information content (AvgIpc) is 2.31. The lowest BCUT2D eigenvalue weighted by Gasteiger charge is -2.13. The SMILES string of the molecule is OC(c1cccc(Cl)c1)c1cc(I)ccc1F. The summed E-state index contributed by atoms with van der Waals surface area (Å²) >= 11 is 7.92. The summed E-state index contributed by atoms with van der Waals surface area (Å²) in [6.45, 7) is 0. The first kappa shape index (κ1) is 12.8. The quantitative estimate of drug-likeness (QED) is 0.795. The zero-order chi connectivity index (χ0) is 12.4. The molecule has 0 spiro atoms. The Morgan fingerprint density at radius 1 is 1.18 bits per heavy atom. The maximum atomic E-state index is 13.6. The predicted octanol–water partition coefficient (Wildman–Crippen LogP) is 4.17. The van der Waals surface area contributed by atoms with Gasteiger partial charge in [0, 0.05) is 14.2 Å². The Balaban J connectivity index is 2.43. The highest BCUT2D eigenvalue weighted by Gasteiger charge is 2.15. The van der Waals surface area contributed by atoms with Gasteiger partial charge in [0.1, 0.15) is 11.9 Å². The van der Waals surface area contributed by atoms with Crippen LogP contribution in [0.3, 0.4) is 0 Å². The number of rotatable bonds is 2. The molecule has 2 aromatic rings. The molecule has 0 aliphatic carbocycles. The zero-order valence-corrected chi connectivity index (χ0v) is 11.6. The van der Waals surface area contributed by atoms with Crippen molar-refractivity contribution in [3.05, 3.63) is 68.0 Å². The van der Waals surface area contributed by atoms with Crippen LogP contribution >= 0.6 is 34.2 Å². The summed E-state index contributed by atoms with van der Waals surface area (Å²) in [6.07, 6.45) is -0.997. The number of aliphatic hydroxyl groups excluding tert-OH is 1. The second-order valence-electron chi connectivity index (χ2n) is 3.62. The maximum absolute atomic E-state index is 13.6. The highest BCUT2D eigenvalue weighted by Crippen LogP contribution is 2.27. The van der Waals surface area contributed by atoms with Crippen LogP contribution in [0.1, 0.15) is 17.2 Å². The zero-order valence-electron chi connectivity index (χ0n) is 8.70. The van der Waals surface area contributed by atoms with Gasteiger partial charge in [-0.3, -0.25) is 0 Å². The van der Waals surface area contributed by atoms with Crippen molar-refractivity contribution in [3.63, 3.8) is 0 Å². The van der Waals surface area contributed by atoms with Crippen molar-refractivity contribution >= 4 is 34.2 Å². The number of benzene rings is 2. The molecular weight excluding hydrogens is 353 g/mol.